The minimum atomic E-state index is -0.832. The Morgan fingerprint density at radius 2 is 1.88 bits per heavy atom. The number of benzene rings is 1. The monoisotopic (exact) mass is 229 g/mol. The molecule has 1 aliphatic rings. The van der Waals surface area contributed by atoms with Gasteiger partial charge in [0.1, 0.15) is 6.10 Å². The van der Waals surface area contributed by atoms with Gasteiger partial charge in [0, 0.05) is 23.3 Å². The molecule has 2 N–H and O–H groups in total. The van der Waals surface area contributed by atoms with E-state index in [0.717, 1.165) is 29.2 Å². The van der Waals surface area contributed by atoms with Crippen molar-refractivity contribution in [3.8, 4) is 0 Å². The van der Waals surface area contributed by atoms with Gasteiger partial charge in [-0.2, -0.15) is 0 Å². The molecule has 0 bridgehead atoms. The Hall–Kier alpha value is -1.45. The van der Waals surface area contributed by atoms with Gasteiger partial charge in [-0.05, 0) is 24.1 Å². The number of hydrogen-bond acceptors (Lipinski definition) is 3. The second-order valence-electron chi connectivity index (χ2n) is 4.72. The summed E-state index contributed by atoms with van der Waals surface area (Å²) in [7, 11) is 0. The molecule has 3 rings (SSSR count). The lowest BCUT2D eigenvalue weighted by molar-refractivity contribution is 0.00551. The van der Waals surface area contributed by atoms with Crippen molar-refractivity contribution in [2.45, 2.75) is 25.0 Å². The van der Waals surface area contributed by atoms with E-state index in [1.54, 1.807) is 12.4 Å². The first-order valence-corrected chi connectivity index (χ1v) is 5.96. The van der Waals surface area contributed by atoms with E-state index in [-0.39, 0.29) is 5.92 Å². The summed E-state index contributed by atoms with van der Waals surface area (Å²) in [5.74, 6) is 0.254. The molecule has 2 aromatic rings. The second kappa shape index (κ2) is 4.09. The topological polar surface area (TPSA) is 53.4 Å². The molecule has 88 valence electrons. The number of nitrogens with zero attached hydrogens (tertiary/aromatic N) is 1. The lowest BCUT2D eigenvalue weighted by Gasteiger charge is -2.18. The maximum absolute atomic E-state index is 10.2. The first-order chi connectivity index (χ1) is 8.27. The first-order valence-electron chi connectivity index (χ1n) is 5.96. The molecular formula is C14H15NO2. The number of aliphatic hydroxyl groups is 2. The summed E-state index contributed by atoms with van der Waals surface area (Å²) in [6, 6.07) is 7.79. The highest BCUT2D eigenvalue weighted by atomic mass is 16.3. The van der Waals surface area contributed by atoms with E-state index in [2.05, 4.69) is 4.98 Å². The van der Waals surface area contributed by atoms with Crippen molar-refractivity contribution >= 4 is 10.8 Å². The standard InChI is InChI=1S/C14H15NO2/c16-13(9-5-6-9)14(17)12-8-15-7-10-3-1-2-4-11(10)12/h1-4,7-9,13-14,16-17H,5-6H2. The zero-order chi connectivity index (χ0) is 11.8. The van der Waals surface area contributed by atoms with E-state index in [9.17, 15) is 10.2 Å². The van der Waals surface area contributed by atoms with Crippen LogP contribution in [0, 0.1) is 5.92 Å². The highest BCUT2D eigenvalue weighted by molar-refractivity contribution is 5.84. The highest BCUT2D eigenvalue weighted by Gasteiger charge is 2.35. The average molecular weight is 229 g/mol. The molecule has 1 fully saturated rings. The summed E-state index contributed by atoms with van der Waals surface area (Å²) in [4.78, 5) is 4.12. The molecule has 0 aliphatic heterocycles. The Morgan fingerprint density at radius 1 is 1.12 bits per heavy atom. The number of rotatable bonds is 3. The molecule has 0 saturated heterocycles. The molecular weight excluding hydrogens is 214 g/mol. The summed E-state index contributed by atoms with van der Waals surface area (Å²) in [5, 5.41) is 22.2. The van der Waals surface area contributed by atoms with Gasteiger partial charge in [-0.1, -0.05) is 24.3 Å². The molecule has 1 aromatic heterocycles. The van der Waals surface area contributed by atoms with Gasteiger partial charge in [-0.25, -0.2) is 0 Å². The number of aliphatic hydroxyl groups excluding tert-OH is 2. The quantitative estimate of drug-likeness (QED) is 0.846. The number of fused-ring (bicyclic) bond motifs is 1. The molecule has 2 unspecified atom stereocenters. The molecule has 0 spiro atoms. The van der Waals surface area contributed by atoms with Crippen LogP contribution in [0.2, 0.25) is 0 Å². The average Bonchev–Trinajstić information content (AvgIpc) is 3.20. The summed E-state index contributed by atoms with van der Waals surface area (Å²) >= 11 is 0. The van der Waals surface area contributed by atoms with Crippen molar-refractivity contribution in [3.05, 3.63) is 42.2 Å². The Kier molecular flexibility index (Phi) is 2.57. The largest absolute Gasteiger partial charge is 0.390 e. The van der Waals surface area contributed by atoms with Gasteiger partial charge in [0.2, 0.25) is 0 Å². The minimum absolute atomic E-state index is 0.254. The molecule has 1 aromatic carbocycles. The Balaban J connectivity index is 2.03. The predicted molar refractivity (Wildman–Crippen MR) is 65.4 cm³/mol. The number of aromatic nitrogens is 1. The maximum Gasteiger partial charge on any atom is 0.107 e. The van der Waals surface area contributed by atoms with Crippen LogP contribution in [0.1, 0.15) is 24.5 Å². The van der Waals surface area contributed by atoms with Gasteiger partial charge in [0.05, 0.1) is 6.10 Å². The van der Waals surface area contributed by atoms with E-state index in [1.807, 2.05) is 24.3 Å². The molecule has 3 nitrogen and oxygen atoms in total. The van der Waals surface area contributed by atoms with Gasteiger partial charge < -0.3 is 10.2 Å². The Morgan fingerprint density at radius 3 is 2.65 bits per heavy atom. The molecule has 1 heterocycles. The third kappa shape index (κ3) is 1.92. The van der Waals surface area contributed by atoms with Crippen molar-refractivity contribution in [3.63, 3.8) is 0 Å². The van der Waals surface area contributed by atoms with Crippen LogP contribution >= 0.6 is 0 Å². The normalized spacial score (nSPS) is 19.2. The van der Waals surface area contributed by atoms with Crippen molar-refractivity contribution in [2.24, 2.45) is 5.92 Å². The van der Waals surface area contributed by atoms with E-state index < -0.39 is 12.2 Å². The second-order valence-corrected chi connectivity index (χ2v) is 4.72. The first kappa shape index (κ1) is 10.7. The van der Waals surface area contributed by atoms with E-state index in [4.69, 9.17) is 0 Å². The predicted octanol–water partition coefficient (Wildman–Crippen LogP) is 2.04. The zero-order valence-electron chi connectivity index (χ0n) is 9.45. The molecule has 1 saturated carbocycles. The van der Waals surface area contributed by atoms with Crippen LogP contribution in [0.25, 0.3) is 10.8 Å². The van der Waals surface area contributed by atoms with Gasteiger partial charge in [-0.3, -0.25) is 4.98 Å². The fourth-order valence-electron chi connectivity index (χ4n) is 2.26. The van der Waals surface area contributed by atoms with Crippen LogP contribution < -0.4 is 0 Å². The van der Waals surface area contributed by atoms with Crippen molar-refractivity contribution in [1.82, 2.24) is 4.98 Å². The SMILES string of the molecule is OC(c1cncc2ccccc12)C(O)C1CC1. The van der Waals surface area contributed by atoms with Gasteiger partial charge in [0.25, 0.3) is 0 Å². The lowest BCUT2D eigenvalue weighted by atomic mass is 9.98. The maximum atomic E-state index is 10.2. The summed E-state index contributed by atoms with van der Waals surface area (Å²) < 4.78 is 0. The third-order valence-electron chi connectivity index (χ3n) is 3.45. The van der Waals surface area contributed by atoms with Gasteiger partial charge in [0.15, 0.2) is 0 Å². The van der Waals surface area contributed by atoms with Crippen LogP contribution in [0.5, 0.6) is 0 Å². The molecule has 2 atom stereocenters. The van der Waals surface area contributed by atoms with Crippen LogP contribution in [0.4, 0.5) is 0 Å². The van der Waals surface area contributed by atoms with E-state index >= 15 is 0 Å². The van der Waals surface area contributed by atoms with Crippen molar-refractivity contribution < 1.29 is 10.2 Å². The minimum Gasteiger partial charge on any atom is -0.390 e. The Bertz CT molecular complexity index is 531. The van der Waals surface area contributed by atoms with Crippen LogP contribution in [-0.4, -0.2) is 21.3 Å². The Labute approximate surface area is 99.7 Å². The van der Waals surface area contributed by atoms with Gasteiger partial charge >= 0.3 is 0 Å². The number of hydrogen-bond donors (Lipinski definition) is 2. The molecule has 3 heteroatoms. The van der Waals surface area contributed by atoms with Crippen LogP contribution in [0.15, 0.2) is 36.7 Å². The zero-order valence-corrected chi connectivity index (χ0v) is 9.45. The van der Waals surface area contributed by atoms with Crippen LogP contribution in [-0.2, 0) is 0 Å². The van der Waals surface area contributed by atoms with Gasteiger partial charge in [-0.15, -0.1) is 0 Å². The molecule has 0 radical (unpaired) electrons. The third-order valence-corrected chi connectivity index (χ3v) is 3.45. The fourth-order valence-corrected chi connectivity index (χ4v) is 2.26. The summed E-state index contributed by atoms with van der Waals surface area (Å²) in [5.41, 5.74) is 0.725. The molecule has 17 heavy (non-hydrogen) atoms. The molecule has 0 amide bonds. The highest BCUT2D eigenvalue weighted by Crippen LogP contribution is 2.39. The summed E-state index contributed by atoms with van der Waals surface area (Å²) in [6.45, 7) is 0. The number of pyridine rings is 1. The van der Waals surface area contributed by atoms with E-state index in [1.165, 1.54) is 0 Å². The summed E-state index contributed by atoms with van der Waals surface area (Å²) in [6.07, 6.45) is 3.95. The van der Waals surface area contributed by atoms with Crippen molar-refractivity contribution in [2.75, 3.05) is 0 Å². The van der Waals surface area contributed by atoms with Crippen molar-refractivity contribution in [1.29, 1.82) is 0 Å². The van der Waals surface area contributed by atoms with E-state index in [0.29, 0.717) is 0 Å². The smallest absolute Gasteiger partial charge is 0.107 e. The molecule has 1 aliphatic carbocycles. The lowest BCUT2D eigenvalue weighted by Crippen LogP contribution is -2.20. The van der Waals surface area contributed by atoms with Crippen LogP contribution in [0.3, 0.4) is 0 Å². The fraction of sp³-hybridized carbons (Fsp3) is 0.357.